The molecule has 2 unspecified atom stereocenters. The van der Waals surface area contributed by atoms with Crippen molar-refractivity contribution in [2.45, 2.75) is 13.0 Å². The van der Waals surface area contributed by atoms with Crippen LogP contribution in [0.2, 0.25) is 0 Å². The number of benzene rings is 1. The maximum atomic E-state index is 12.9. The summed E-state index contributed by atoms with van der Waals surface area (Å²) in [5.74, 6) is -3.97. The second-order valence-electron chi connectivity index (χ2n) is 4.28. The summed E-state index contributed by atoms with van der Waals surface area (Å²) < 4.78 is 25.7. The number of carboxylic acids is 1. The maximum absolute atomic E-state index is 12.9. The zero-order chi connectivity index (χ0) is 13.3. The number of amides is 1. The van der Waals surface area contributed by atoms with E-state index in [9.17, 15) is 18.4 Å². The first kappa shape index (κ1) is 12.5. The zero-order valence-electron chi connectivity index (χ0n) is 9.32. The monoisotopic (exact) mass is 255 g/mol. The molecule has 1 aromatic carbocycles. The molecule has 1 aliphatic carbocycles. The minimum absolute atomic E-state index is 0.0175. The molecular weight excluding hydrogens is 244 g/mol. The van der Waals surface area contributed by atoms with Crippen molar-refractivity contribution in [3.05, 3.63) is 35.4 Å². The van der Waals surface area contributed by atoms with Crippen molar-refractivity contribution in [3.63, 3.8) is 0 Å². The predicted molar refractivity (Wildman–Crippen MR) is 57.4 cm³/mol. The van der Waals surface area contributed by atoms with E-state index in [1.165, 1.54) is 0 Å². The third-order valence-electron chi connectivity index (χ3n) is 2.83. The first-order valence-electron chi connectivity index (χ1n) is 5.43. The molecule has 2 atom stereocenters. The SMILES string of the molecule is O=C(O)C1CC1C(=O)NCc1cc(F)cc(F)c1. The van der Waals surface area contributed by atoms with Gasteiger partial charge in [-0.2, -0.15) is 0 Å². The van der Waals surface area contributed by atoms with Crippen LogP contribution in [0.3, 0.4) is 0 Å². The lowest BCUT2D eigenvalue weighted by Crippen LogP contribution is -2.26. The molecule has 2 N–H and O–H groups in total. The van der Waals surface area contributed by atoms with Crippen molar-refractivity contribution in [2.75, 3.05) is 0 Å². The van der Waals surface area contributed by atoms with Gasteiger partial charge in [0.2, 0.25) is 5.91 Å². The third kappa shape index (κ3) is 2.82. The quantitative estimate of drug-likeness (QED) is 0.852. The van der Waals surface area contributed by atoms with Gasteiger partial charge >= 0.3 is 5.97 Å². The molecule has 0 spiro atoms. The van der Waals surface area contributed by atoms with Gasteiger partial charge in [0, 0.05) is 12.6 Å². The van der Waals surface area contributed by atoms with Gasteiger partial charge in [-0.25, -0.2) is 8.78 Å². The fourth-order valence-electron chi connectivity index (χ4n) is 1.79. The van der Waals surface area contributed by atoms with Crippen molar-refractivity contribution < 1.29 is 23.5 Å². The van der Waals surface area contributed by atoms with E-state index in [0.717, 1.165) is 18.2 Å². The standard InChI is InChI=1S/C12H11F2NO3/c13-7-1-6(2-8(14)3-7)5-15-11(16)9-4-10(9)12(17)18/h1-3,9-10H,4-5H2,(H,15,16)(H,17,18). The number of carbonyl (C=O) groups excluding carboxylic acids is 1. The van der Waals surface area contributed by atoms with E-state index in [1.807, 2.05) is 0 Å². The normalized spacial score (nSPS) is 21.4. The summed E-state index contributed by atoms with van der Waals surface area (Å²) in [5.41, 5.74) is 0.299. The second kappa shape index (κ2) is 4.72. The highest BCUT2D eigenvalue weighted by molar-refractivity contribution is 5.89. The Morgan fingerprint density at radius 3 is 2.33 bits per heavy atom. The van der Waals surface area contributed by atoms with E-state index in [1.54, 1.807) is 0 Å². The van der Waals surface area contributed by atoms with Crippen LogP contribution in [0.25, 0.3) is 0 Å². The lowest BCUT2D eigenvalue weighted by molar-refractivity contribution is -0.140. The number of rotatable bonds is 4. The van der Waals surface area contributed by atoms with Gasteiger partial charge in [-0.15, -0.1) is 0 Å². The Hall–Kier alpha value is -1.98. The average molecular weight is 255 g/mol. The molecular formula is C12H11F2NO3. The minimum Gasteiger partial charge on any atom is -0.481 e. The number of carbonyl (C=O) groups is 2. The highest BCUT2D eigenvalue weighted by Gasteiger charge is 2.48. The molecule has 0 radical (unpaired) electrons. The molecule has 0 bridgehead atoms. The molecule has 6 heteroatoms. The van der Waals surface area contributed by atoms with E-state index >= 15 is 0 Å². The minimum atomic E-state index is -0.994. The van der Waals surface area contributed by atoms with Crippen molar-refractivity contribution in [1.29, 1.82) is 0 Å². The number of hydrogen-bond acceptors (Lipinski definition) is 2. The van der Waals surface area contributed by atoms with Crippen LogP contribution in [0.4, 0.5) is 8.78 Å². The lowest BCUT2D eigenvalue weighted by Gasteiger charge is -2.05. The lowest BCUT2D eigenvalue weighted by atomic mass is 10.2. The Morgan fingerprint density at radius 1 is 1.22 bits per heavy atom. The summed E-state index contributed by atoms with van der Waals surface area (Å²) >= 11 is 0. The van der Waals surface area contributed by atoms with Crippen LogP contribution in [0.15, 0.2) is 18.2 Å². The Labute approximate surface area is 102 Å². The zero-order valence-corrected chi connectivity index (χ0v) is 9.32. The van der Waals surface area contributed by atoms with Gasteiger partial charge in [-0.3, -0.25) is 9.59 Å². The Balaban J connectivity index is 1.88. The molecule has 0 heterocycles. The van der Waals surface area contributed by atoms with Crippen LogP contribution < -0.4 is 5.32 Å². The predicted octanol–water partition coefficient (Wildman–Crippen LogP) is 1.30. The van der Waals surface area contributed by atoms with Crippen molar-refractivity contribution in [3.8, 4) is 0 Å². The van der Waals surface area contributed by atoms with Crippen molar-refractivity contribution in [1.82, 2.24) is 5.32 Å². The molecule has 18 heavy (non-hydrogen) atoms. The molecule has 0 saturated heterocycles. The molecule has 1 aromatic rings. The van der Waals surface area contributed by atoms with Gasteiger partial charge in [0.05, 0.1) is 11.8 Å². The number of hydrogen-bond donors (Lipinski definition) is 2. The van der Waals surface area contributed by atoms with E-state index in [-0.39, 0.29) is 6.54 Å². The van der Waals surface area contributed by atoms with Gasteiger partial charge in [0.15, 0.2) is 0 Å². The van der Waals surface area contributed by atoms with Gasteiger partial charge < -0.3 is 10.4 Å². The van der Waals surface area contributed by atoms with Gasteiger partial charge in [-0.1, -0.05) is 0 Å². The average Bonchev–Trinajstić information content (AvgIpc) is 3.04. The van der Waals surface area contributed by atoms with E-state index in [0.29, 0.717) is 12.0 Å². The van der Waals surface area contributed by atoms with Gasteiger partial charge in [0.1, 0.15) is 11.6 Å². The number of aliphatic carboxylic acids is 1. The summed E-state index contributed by atoms with van der Waals surface area (Å²) in [6.45, 7) is -0.0175. The molecule has 2 rings (SSSR count). The first-order chi connectivity index (χ1) is 8.47. The van der Waals surface area contributed by atoms with Crippen LogP contribution in [0, 0.1) is 23.5 Å². The van der Waals surface area contributed by atoms with Crippen LogP contribution in [0.1, 0.15) is 12.0 Å². The molecule has 96 valence electrons. The third-order valence-corrected chi connectivity index (χ3v) is 2.83. The number of halogens is 2. The first-order valence-corrected chi connectivity index (χ1v) is 5.43. The summed E-state index contributed by atoms with van der Waals surface area (Å²) in [5, 5.41) is 11.1. The smallest absolute Gasteiger partial charge is 0.307 e. The highest BCUT2D eigenvalue weighted by Crippen LogP contribution is 2.38. The number of nitrogens with one attached hydrogen (secondary N) is 1. The molecule has 4 nitrogen and oxygen atoms in total. The highest BCUT2D eigenvalue weighted by atomic mass is 19.1. The molecule has 0 aromatic heterocycles. The van der Waals surface area contributed by atoms with Crippen LogP contribution >= 0.6 is 0 Å². The summed E-state index contributed by atoms with van der Waals surface area (Å²) in [6, 6.07) is 2.97. The molecule has 1 fully saturated rings. The summed E-state index contributed by atoms with van der Waals surface area (Å²) in [4.78, 5) is 22.1. The van der Waals surface area contributed by atoms with Crippen LogP contribution in [-0.4, -0.2) is 17.0 Å². The fraction of sp³-hybridized carbons (Fsp3) is 0.333. The largest absolute Gasteiger partial charge is 0.481 e. The van der Waals surface area contributed by atoms with E-state index in [4.69, 9.17) is 5.11 Å². The van der Waals surface area contributed by atoms with Crippen molar-refractivity contribution in [2.24, 2.45) is 11.8 Å². The fourth-order valence-corrected chi connectivity index (χ4v) is 1.79. The summed E-state index contributed by atoms with van der Waals surface area (Å²) in [6.07, 6.45) is 0.318. The van der Waals surface area contributed by atoms with Gasteiger partial charge in [0.25, 0.3) is 0 Å². The molecule has 0 aliphatic heterocycles. The maximum Gasteiger partial charge on any atom is 0.307 e. The number of carboxylic acid groups (broad SMARTS) is 1. The van der Waals surface area contributed by atoms with E-state index < -0.39 is 35.3 Å². The Bertz CT molecular complexity index is 484. The second-order valence-corrected chi connectivity index (χ2v) is 4.28. The summed E-state index contributed by atoms with van der Waals surface area (Å²) in [7, 11) is 0. The molecule has 1 amide bonds. The molecule has 1 saturated carbocycles. The van der Waals surface area contributed by atoms with E-state index in [2.05, 4.69) is 5.32 Å². The van der Waals surface area contributed by atoms with Gasteiger partial charge in [-0.05, 0) is 24.1 Å². The van der Waals surface area contributed by atoms with Crippen LogP contribution in [-0.2, 0) is 16.1 Å². The Morgan fingerprint density at radius 2 is 1.83 bits per heavy atom. The topological polar surface area (TPSA) is 66.4 Å². The molecule has 1 aliphatic rings. The Kier molecular flexibility index (Phi) is 3.27. The van der Waals surface area contributed by atoms with Crippen LogP contribution in [0.5, 0.6) is 0 Å². The van der Waals surface area contributed by atoms with Crippen molar-refractivity contribution >= 4 is 11.9 Å².